The van der Waals surface area contributed by atoms with Gasteiger partial charge in [0.25, 0.3) is 0 Å². The molecule has 0 atom stereocenters. The Labute approximate surface area is 102 Å². The number of alkyl halides is 3. The minimum Gasteiger partial charge on any atom is -0.396 e. The Hall–Kier alpha value is -0.940. The van der Waals surface area contributed by atoms with Crippen LogP contribution in [0.1, 0.15) is 16.7 Å². The Kier molecular flexibility index (Phi) is 5.08. The SMILES string of the molecule is C=Cc1ccc(C(F)(F)F)cc1CSCCO. The van der Waals surface area contributed by atoms with E-state index in [9.17, 15) is 13.2 Å². The molecule has 0 aromatic heterocycles. The fourth-order valence-electron chi connectivity index (χ4n) is 1.35. The predicted molar refractivity (Wildman–Crippen MR) is 64.8 cm³/mol. The molecule has 5 heteroatoms. The Morgan fingerprint density at radius 1 is 1.35 bits per heavy atom. The average molecular weight is 262 g/mol. The summed E-state index contributed by atoms with van der Waals surface area (Å²) in [5.41, 5.74) is 0.638. The van der Waals surface area contributed by atoms with E-state index in [0.717, 1.165) is 12.1 Å². The first-order valence-electron chi connectivity index (χ1n) is 5.00. The normalized spacial score (nSPS) is 11.5. The topological polar surface area (TPSA) is 20.2 Å². The lowest BCUT2D eigenvalue weighted by Crippen LogP contribution is -2.06. The number of rotatable bonds is 5. The molecule has 0 spiro atoms. The van der Waals surface area contributed by atoms with Crippen molar-refractivity contribution in [1.82, 2.24) is 0 Å². The molecule has 1 nitrogen and oxygen atoms in total. The van der Waals surface area contributed by atoms with Crippen molar-refractivity contribution in [1.29, 1.82) is 0 Å². The van der Waals surface area contributed by atoms with Crippen LogP contribution in [-0.4, -0.2) is 17.5 Å². The van der Waals surface area contributed by atoms with Crippen LogP contribution in [0.4, 0.5) is 13.2 Å². The molecule has 17 heavy (non-hydrogen) atoms. The average Bonchev–Trinajstić information content (AvgIpc) is 2.28. The van der Waals surface area contributed by atoms with Crippen LogP contribution in [0.3, 0.4) is 0 Å². The number of benzene rings is 1. The maximum absolute atomic E-state index is 12.5. The summed E-state index contributed by atoms with van der Waals surface area (Å²) in [6.07, 6.45) is -2.79. The third-order valence-corrected chi connectivity index (χ3v) is 3.17. The fraction of sp³-hybridized carbons (Fsp3) is 0.333. The van der Waals surface area contributed by atoms with E-state index in [2.05, 4.69) is 6.58 Å². The van der Waals surface area contributed by atoms with Crippen LogP contribution < -0.4 is 0 Å². The van der Waals surface area contributed by atoms with Gasteiger partial charge < -0.3 is 5.11 Å². The molecule has 0 aliphatic carbocycles. The zero-order valence-corrected chi connectivity index (χ0v) is 9.94. The van der Waals surface area contributed by atoms with E-state index in [-0.39, 0.29) is 6.61 Å². The summed E-state index contributed by atoms with van der Waals surface area (Å²) in [4.78, 5) is 0. The van der Waals surface area contributed by atoms with Crippen molar-refractivity contribution in [3.8, 4) is 0 Å². The van der Waals surface area contributed by atoms with Crippen molar-refractivity contribution in [2.45, 2.75) is 11.9 Å². The van der Waals surface area contributed by atoms with Gasteiger partial charge in [-0.05, 0) is 23.3 Å². The van der Waals surface area contributed by atoms with Gasteiger partial charge >= 0.3 is 6.18 Å². The lowest BCUT2D eigenvalue weighted by molar-refractivity contribution is -0.137. The minimum atomic E-state index is -4.32. The Morgan fingerprint density at radius 2 is 2.06 bits per heavy atom. The van der Waals surface area contributed by atoms with Gasteiger partial charge in [0.15, 0.2) is 0 Å². The summed E-state index contributed by atoms with van der Waals surface area (Å²) in [5.74, 6) is 0.943. The van der Waals surface area contributed by atoms with Crippen LogP contribution in [0.5, 0.6) is 0 Å². The van der Waals surface area contributed by atoms with Crippen LogP contribution in [0.25, 0.3) is 6.08 Å². The lowest BCUT2D eigenvalue weighted by atomic mass is 10.0. The van der Waals surface area contributed by atoms with E-state index in [0.29, 0.717) is 22.6 Å². The summed E-state index contributed by atoms with van der Waals surface area (Å²) in [7, 11) is 0. The Bertz CT molecular complexity index is 388. The van der Waals surface area contributed by atoms with Gasteiger partial charge in [-0.1, -0.05) is 18.7 Å². The molecule has 0 amide bonds. The highest BCUT2D eigenvalue weighted by molar-refractivity contribution is 7.98. The number of thioether (sulfide) groups is 1. The van der Waals surface area contributed by atoms with E-state index < -0.39 is 11.7 Å². The second-order valence-electron chi connectivity index (χ2n) is 3.39. The number of hydrogen-bond acceptors (Lipinski definition) is 2. The number of hydrogen-bond donors (Lipinski definition) is 1. The monoisotopic (exact) mass is 262 g/mol. The first kappa shape index (κ1) is 14.1. The second kappa shape index (κ2) is 6.12. The molecule has 1 aromatic rings. The van der Waals surface area contributed by atoms with Crippen molar-refractivity contribution >= 4 is 17.8 Å². The van der Waals surface area contributed by atoms with Crippen molar-refractivity contribution < 1.29 is 18.3 Å². The van der Waals surface area contributed by atoms with Crippen molar-refractivity contribution in [2.75, 3.05) is 12.4 Å². The van der Waals surface area contributed by atoms with Gasteiger partial charge in [-0.15, -0.1) is 0 Å². The molecule has 0 heterocycles. The molecule has 0 aliphatic heterocycles. The van der Waals surface area contributed by atoms with Gasteiger partial charge in [-0.2, -0.15) is 24.9 Å². The third kappa shape index (κ3) is 4.09. The number of aliphatic hydroxyl groups excluding tert-OH is 1. The standard InChI is InChI=1S/C12H13F3OS/c1-2-9-3-4-11(12(13,14)15)7-10(9)8-17-6-5-16/h2-4,7,16H,1,5-6,8H2. The van der Waals surface area contributed by atoms with E-state index in [1.165, 1.54) is 23.9 Å². The number of halogens is 3. The molecular weight excluding hydrogens is 249 g/mol. The third-order valence-electron chi connectivity index (χ3n) is 2.18. The number of aliphatic hydroxyl groups is 1. The maximum atomic E-state index is 12.5. The molecule has 0 fully saturated rings. The summed E-state index contributed by atoms with van der Waals surface area (Å²) in [6.45, 7) is 3.59. The smallest absolute Gasteiger partial charge is 0.396 e. The van der Waals surface area contributed by atoms with Crippen LogP contribution in [0.2, 0.25) is 0 Å². The molecular formula is C12H13F3OS. The largest absolute Gasteiger partial charge is 0.416 e. The van der Waals surface area contributed by atoms with Gasteiger partial charge in [0.05, 0.1) is 12.2 Å². The highest BCUT2D eigenvalue weighted by Gasteiger charge is 2.30. The summed E-state index contributed by atoms with van der Waals surface area (Å²) < 4.78 is 37.6. The molecule has 0 unspecified atom stereocenters. The van der Waals surface area contributed by atoms with Crippen molar-refractivity contribution in [3.63, 3.8) is 0 Å². The van der Waals surface area contributed by atoms with Gasteiger partial charge in [0, 0.05) is 11.5 Å². The van der Waals surface area contributed by atoms with Gasteiger partial charge in [0.2, 0.25) is 0 Å². The molecule has 0 radical (unpaired) electrons. The summed E-state index contributed by atoms with van der Waals surface area (Å²) in [6, 6.07) is 3.61. The lowest BCUT2D eigenvalue weighted by Gasteiger charge is -2.11. The van der Waals surface area contributed by atoms with Gasteiger partial charge in [0.1, 0.15) is 0 Å². The minimum absolute atomic E-state index is 0.0209. The zero-order chi connectivity index (χ0) is 12.9. The second-order valence-corrected chi connectivity index (χ2v) is 4.50. The molecule has 1 aromatic carbocycles. The predicted octanol–water partition coefficient (Wildman–Crippen LogP) is 3.57. The van der Waals surface area contributed by atoms with Crippen molar-refractivity contribution in [2.24, 2.45) is 0 Å². The Morgan fingerprint density at radius 3 is 2.59 bits per heavy atom. The van der Waals surface area contributed by atoms with E-state index in [4.69, 9.17) is 5.11 Å². The molecule has 0 bridgehead atoms. The van der Waals surface area contributed by atoms with Crippen LogP contribution in [0, 0.1) is 0 Å². The van der Waals surface area contributed by atoms with E-state index >= 15 is 0 Å². The molecule has 94 valence electrons. The highest BCUT2D eigenvalue weighted by Crippen LogP contribution is 2.31. The zero-order valence-electron chi connectivity index (χ0n) is 9.13. The summed E-state index contributed by atoms with van der Waals surface area (Å²) in [5, 5.41) is 8.63. The van der Waals surface area contributed by atoms with Crippen LogP contribution >= 0.6 is 11.8 Å². The molecule has 1 rings (SSSR count). The molecule has 0 aliphatic rings. The van der Waals surface area contributed by atoms with Crippen LogP contribution in [0.15, 0.2) is 24.8 Å². The first-order chi connectivity index (χ1) is 7.99. The van der Waals surface area contributed by atoms with Gasteiger partial charge in [-0.25, -0.2) is 0 Å². The molecule has 0 saturated carbocycles. The van der Waals surface area contributed by atoms with Crippen LogP contribution in [-0.2, 0) is 11.9 Å². The first-order valence-corrected chi connectivity index (χ1v) is 6.15. The fourth-order valence-corrected chi connectivity index (χ4v) is 2.10. The van der Waals surface area contributed by atoms with E-state index in [1.807, 2.05) is 0 Å². The summed E-state index contributed by atoms with van der Waals surface area (Å²) >= 11 is 1.39. The highest BCUT2D eigenvalue weighted by atomic mass is 32.2. The maximum Gasteiger partial charge on any atom is 0.416 e. The van der Waals surface area contributed by atoms with Gasteiger partial charge in [-0.3, -0.25) is 0 Å². The Balaban J connectivity index is 2.94. The quantitative estimate of drug-likeness (QED) is 0.818. The molecule has 1 N–H and O–H groups in total. The van der Waals surface area contributed by atoms with Crippen molar-refractivity contribution in [3.05, 3.63) is 41.5 Å². The van der Waals surface area contributed by atoms with E-state index in [1.54, 1.807) is 0 Å². The molecule has 0 saturated heterocycles.